The third kappa shape index (κ3) is 27.8. The van der Waals surface area contributed by atoms with Crippen LogP contribution in [0.2, 0.25) is 69.5 Å². The highest BCUT2D eigenvalue weighted by atomic mass is 28.3. The molecule has 0 unspecified atom stereocenters. The summed E-state index contributed by atoms with van der Waals surface area (Å²) < 4.78 is 5.91. The molecular formula is C29H68O3Si4. The highest BCUT2D eigenvalue weighted by Crippen LogP contribution is 2.29. The zero-order chi connectivity index (χ0) is 27.0. The van der Waals surface area contributed by atoms with Crippen LogP contribution in [0.15, 0.2) is 0 Å². The van der Waals surface area contributed by atoms with Crippen molar-refractivity contribution < 1.29 is 13.9 Å². The van der Waals surface area contributed by atoms with Crippen molar-refractivity contribution in [3.8, 4) is 0 Å². The summed E-state index contributed by atoms with van der Waals surface area (Å²) in [5.74, 6) is 0. The summed E-state index contributed by atoms with van der Waals surface area (Å²) in [5, 5.41) is 0. The van der Waals surface area contributed by atoms with E-state index in [1.54, 1.807) is 24.2 Å². The van der Waals surface area contributed by atoms with Crippen molar-refractivity contribution in [1.29, 1.82) is 0 Å². The summed E-state index contributed by atoms with van der Waals surface area (Å²) in [5.41, 5.74) is 0. The maximum Gasteiger partial charge on any atom is 0.156 e. The molecule has 0 aromatic rings. The third-order valence-electron chi connectivity index (χ3n) is 7.71. The van der Waals surface area contributed by atoms with Gasteiger partial charge in [-0.25, -0.2) is 9.78 Å². The van der Waals surface area contributed by atoms with Crippen LogP contribution in [0, 0.1) is 0 Å². The van der Waals surface area contributed by atoms with E-state index in [1.807, 2.05) is 6.92 Å². The minimum Gasteiger partial charge on any atom is -0.463 e. The Morgan fingerprint density at radius 2 is 0.944 bits per heavy atom. The predicted octanol–water partition coefficient (Wildman–Crippen LogP) is 9.72. The fourth-order valence-electron chi connectivity index (χ4n) is 4.98. The van der Waals surface area contributed by atoms with Crippen molar-refractivity contribution in [2.75, 3.05) is 13.2 Å². The molecule has 0 rings (SSSR count). The summed E-state index contributed by atoms with van der Waals surface area (Å²) in [4.78, 5) is 9.99. The Balaban J connectivity index is 3.59. The second-order valence-corrected chi connectivity index (χ2v) is 28.3. The van der Waals surface area contributed by atoms with Crippen LogP contribution in [0.3, 0.4) is 0 Å². The standard InChI is InChI=1S/C29H68O3Si4/c1-8-30-31-24-20-16-12-10-9-11-14-18-22-26-35(4,5)28-29-36(6,7)27-23-19-15-13-17-21-25-33-32-34(2)3/h34H,8-29,33H2,1-7H3. The lowest BCUT2D eigenvalue weighted by atomic mass is 10.1. The summed E-state index contributed by atoms with van der Waals surface area (Å²) in [6, 6.07) is 7.72. The van der Waals surface area contributed by atoms with E-state index in [1.165, 1.54) is 95.9 Å². The zero-order valence-corrected chi connectivity index (χ0v) is 30.6. The molecule has 0 atom stereocenters. The van der Waals surface area contributed by atoms with Gasteiger partial charge in [0, 0.05) is 16.1 Å². The fraction of sp³-hybridized carbons (Fsp3) is 1.00. The Bertz CT molecular complexity index is 462. The largest absolute Gasteiger partial charge is 0.463 e. The first-order chi connectivity index (χ1) is 17.2. The van der Waals surface area contributed by atoms with Crippen LogP contribution in [0.1, 0.15) is 103 Å². The van der Waals surface area contributed by atoms with Crippen LogP contribution in [0.25, 0.3) is 0 Å². The van der Waals surface area contributed by atoms with Gasteiger partial charge < -0.3 is 4.12 Å². The van der Waals surface area contributed by atoms with E-state index >= 15 is 0 Å². The molecule has 3 nitrogen and oxygen atoms in total. The van der Waals surface area contributed by atoms with E-state index in [0.29, 0.717) is 6.61 Å². The highest BCUT2D eigenvalue weighted by Gasteiger charge is 2.26. The average Bonchev–Trinajstić information content (AvgIpc) is 2.82. The minimum atomic E-state index is -0.989. The first-order valence-electron chi connectivity index (χ1n) is 16.0. The molecule has 0 bridgehead atoms. The first-order valence-corrected chi connectivity index (χ1v) is 27.2. The number of hydrogen-bond acceptors (Lipinski definition) is 3. The Kier molecular flexibility index (Phi) is 25.3. The lowest BCUT2D eigenvalue weighted by Crippen LogP contribution is -2.32. The Hall–Kier alpha value is 0.748. The average molecular weight is 577 g/mol. The van der Waals surface area contributed by atoms with Gasteiger partial charge in [-0.05, 0) is 32.5 Å². The van der Waals surface area contributed by atoms with Crippen LogP contribution < -0.4 is 0 Å². The van der Waals surface area contributed by atoms with Gasteiger partial charge in [-0.15, -0.1) is 0 Å². The zero-order valence-electron chi connectivity index (χ0n) is 26.1. The molecule has 0 N–H and O–H groups in total. The molecule has 0 saturated carbocycles. The first kappa shape index (κ1) is 36.7. The van der Waals surface area contributed by atoms with Crippen LogP contribution in [0.4, 0.5) is 0 Å². The molecule has 0 aliphatic carbocycles. The minimum absolute atomic E-state index is 0.169. The molecule has 36 heavy (non-hydrogen) atoms. The van der Waals surface area contributed by atoms with E-state index in [0.717, 1.165) is 13.0 Å². The van der Waals surface area contributed by atoms with Gasteiger partial charge in [0.25, 0.3) is 0 Å². The van der Waals surface area contributed by atoms with Gasteiger partial charge in [0.15, 0.2) is 9.04 Å². The van der Waals surface area contributed by atoms with Gasteiger partial charge in [-0.2, -0.15) is 0 Å². The van der Waals surface area contributed by atoms with Gasteiger partial charge in [-0.3, -0.25) is 0 Å². The van der Waals surface area contributed by atoms with E-state index in [2.05, 4.69) is 39.3 Å². The van der Waals surface area contributed by atoms with Crippen molar-refractivity contribution >= 4 is 35.0 Å². The van der Waals surface area contributed by atoms with Crippen LogP contribution in [-0.2, 0) is 13.9 Å². The molecule has 0 aromatic heterocycles. The van der Waals surface area contributed by atoms with Gasteiger partial charge in [0.1, 0.15) is 9.76 Å². The van der Waals surface area contributed by atoms with Crippen LogP contribution in [-0.4, -0.2) is 48.2 Å². The Morgan fingerprint density at radius 1 is 0.528 bits per heavy atom. The molecule has 0 spiro atoms. The second-order valence-electron chi connectivity index (χ2n) is 13.1. The summed E-state index contributed by atoms with van der Waals surface area (Å²) in [6.45, 7) is 18.7. The van der Waals surface area contributed by atoms with Crippen molar-refractivity contribution in [3.63, 3.8) is 0 Å². The Morgan fingerprint density at radius 3 is 1.39 bits per heavy atom. The quantitative estimate of drug-likeness (QED) is 0.0401. The molecule has 0 heterocycles. The molecule has 0 aliphatic heterocycles. The smallest absolute Gasteiger partial charge is 0.156 e. The third-order valence-corrected chi connectivity index (χ3v) is 19.2. The van der Waals surface area contributed by atoms with Gasteiger partial charge >= 0.3 is 0 Å². The number of rotatable bonds is 28. The molecule has 7 heteroatoms. The SMILES string of the molecule is CCOOCCCCCCCCCCC[Si](C)(C)CC[Si](C)(C)CCCCCCCC[SiH2]O[SiH](C)C. The van der Waals surface area contributed by atoms with Gasteiger partial charge in [0.2, 0.25) is 0 Å². The van der Waals surface area contributed by atoms with Crippen LogP contribution in [0.5, 0.6) is 0 Å². The summed E-state index contributed by atoms with van der Waals surface area (Å²) in [6.07, 6.45) is 21.2. The predicted molar refractivity (Wildman–Crippen MR) is 174 cm³/mol. The lowest BCUT2D eigenvalue weighted by Gasteiger charge is -2.29. The molecule has 218 valence electrons. The molecule has 0 fully saturated rings. The van der Waals surface area contributed by atoms with Crippen LogP contribution >= 0.6 is 0 Å². The van der Waals surface area contributed by atoms with E-state index in [-0.39, 0.29) is 9.76 Å². The molecule has 0 amide bonds. The van der Waals surface area contributed by atoms with E-state index in [4.69, 9.17) is 13.9 Å². The molecule has 0 radical (unpaired) electrons. The van der Waals surface area contributed by atoms with E-state index in [9.17, 15) is 0 Å². The second kappa shape index (κ2) is 24.8. The lowest BCUT2D eigenvalue weighted by molar-refractivity contribution is -0.291. The molecule has 0 aliphatic rings. The fourth-order valence-corrected chi connectivity index (χ4v) is 16.4. The van der Waals surface area contributed by atoms with Crippen molar-refractivity contribution in [2.24, 2.45) is 0 Å². The van der Waals surface area contributed by atoms with Gasteiger partial charge in [0.05, 0.1) is 13.2 Å². The van der Waals surface area contributed by atoms with Crippen molar-refractivity contribution in [1.82, 2.24) is 0 Å². The molecular weight excluding hydrogens is 509 g/mol. The summed E-state index contributed by atoms with van der Waals surface area (Å²) in [7, 11) is -2.88. The number of unbranched alkanes of at least 4 members (excludes halogenated alkanes) is 13. The maximum absolute atomic E-state index is 5.91. The Labute approximate surface area is 234 Å². The number of hydrogen-bond donors (Lipinski definition) is 0. The van der Waals surface area contributed by atoms with Gasteiger partial charge in [-0.1, -0.05) is 140 Å². The monoisotopic (exact) mass is 576 g/mol. The normalized spacial score (nSPS) is 13.0. The highest BCUT2D eigenvalue weighted by molar-refractivity contribution is 6.82. The maximum atomic E-state index is 5.91. The topological polar surface area (TPSA) is 27.7 Å². The molecule has 0 saturated heterocycles. The van der Waals surface area contributed by atoms with Crippen molar-refractivity contribution in [3.05, 3.63) is 0 Å². The summed E-state index contributed by atoms with van der Waals surface area (Å²) >= 11 is 0. The molecule has 0 aromatic carbocycles. The van der Waals surface area contributed by atoms with Crippen molar-refractivity contribution in [2.45, 2.75) is 173 Å². The van der Waals surface area contributed by atoms with E-state index < -0.39 is 25.2 Å².